The molecule has 3 heterocycles. The second-order valence-corrected chi connectivity index (χ2v) is 6.32. The molecule has 1 saturated heterocycles. The summed E-state index contributed by atoms with van der Waals surface area (Å²) < 4.78 is 0. The fourth-order valence-corrected chi connectivity index (χ4v) is 3.14. The van der Waals surface area contributed by atoms with Crippen LogP contribution in [-0.4, -0.2) is 57.3 Å². The number of pyridine rings is 1. The molecule has 0 bridgehead atoms. The molecule has 0 N–H and O–H groups in total. The van der Waals surface area contributed by atoms with E-state index < -0.39 is 0 Å². The van der Waals surface area contributed by atoms with Gasteiger partial charge in [-0.3, -0.25) is 24.6 Å². The Morgan fingerprint density at radius 3 is 2.67 bits per heavy atom. The van der Waals surface area contributed by atoms with Gasteiger partial charge in [-0.1, -0.05) is 6.07 Å². The van der Waals surface area contributed by atoms with Crippen molar-refractivity contribution in [3.63, 3.8) is 0 Å². The average Bonchev–Trinajstić information content (AvgIpc) is 2.63. The maximum absolute atomic E-state index is 12.5. The molecular weight excluding hydrogens is 302 g/mol. The highest BCUT2D eigenvalue weighted by Gasteiger charge is 2.25. The van der Waals surface area contributed by atoms with E-state index >= 15 is 0 Å². The number of likely N-dealkylation sites (tertiary alicyclic amines) is 1. The molecule has 0 aromatic carbocycles. The van der Waals surface area contributed by atoms with Crippen molar-refractivity contribution in [1.29, 1.82) is 0 Å². The summed E-state index contributed by atoms with van der Waals surface area (Å²) in [6.45, 7) is 2.75. The zero-order chi connectivity index (χ0) is 16.8. The van der Waals surface area contributed by atoms with Crippen LogP contribution in [-0.2, 0) is 11.3 Å². The van der Waals surface area contributed by atoms with E-state index in [1.165, 1.54) is 0 Å². The molecule has 1 aliphatic heterocycles. The molecule has 0 spiro atoms. The van der Waals surface area contributed by atoms with Gasteiger partial charge in [-0.2, -0.15) is 0 Å². The number of piperidine rings is 1. The fourth-order valence-electron chi connectivity index (χ4n) is 3.14. The SMILES string of the molecule is CN(CC(=O)N1CCC(c2cnccn2)CC1)Cc1cccnc1. The molecular formula is C18H23N5O. The third-order valence-corrected chi connectivity index (χ3v) is 4.43. The van der Waals surface area contributed by atoms with Crippen LogP contribution in [0, 0.1) is 0 Å². The average molecular weight is 325 g/mol. The maximum atomic E-state index is 12.5. The van der Waals surface area contributed by atoms with Crippen LogP contribution >= 0.6 is 0 Å². The molecule has 0 unspecified atom stereocenters. The monoisotopic (exact) mass is 325 g/mol. The Morgan fingerprint density at radius 1 is 1.21 bits per heavy atom. The normalized spacial score (nSPS) is 15.7. The van der Waals surface area contributed by atoms with Crippen molar-refractivity contribution < 1.29 is 4.79 Å². The zero-order valence-corrected chi connectivity index (χ0v) is 14.0. The lowest BCUT2D eigenvalue weighted by Crippen LogP contribution is -2.43. The molecule has 2 aromatic rings. The van der Waals surface area contributed by atoms with Crippen molar-refractivity contribution >= 4 is 5.91 Å². The first kappa shape index (κ1) is 16.5. The Hall–Kier alpha value is -2.34. The van der Waals surface area contributed by atoms with E-state index in [1.807, 2.05) is 41.4 Å². The fraction of sp³-hybridized carbons (Fsp3) is 0.444. The van der Waals surface area contributed by atoms with Gasteiger partial charge in [-0.25, -0.2) is 0 Å². The summed E-state index contributed by atoms with van der Waals surface area (Å²) in [6, 6.07) is 3.95. The molecule has 6 nitrogen and oxygen atoms in total. The second kappa shape index (κ2) is 7.97. The summed E-state index contributed by atoms with van der Waals surface area (Å²) in [6.07, 6.45) is 10.8. The predicted octanol–water partition coefficient (Wildman–Crippen LogP) is 1.71. The number of likely N-dealkylation sites (N-methyl/N-ethyl adjacent to an activating group) is 1. The molecule has 0 atom stereocenters. The lowest BCUT2D eigenvalue weighted by Gasteiger charge is -2.32. The largest absolute Gasteiger partial charge is 0.342 e. The van der Waals surface area contributed by atoms with Gasteiger partial charge in [0.1, 0.15) is 0 Å². The van der Waals surface area contributed by atoms with Crippen LogP contribution in [0.25, 0.3) is 0 Å². The van der Waals surface area contributed by atoms with Gasteiger partial charge in [0.15, 0.2) is 0 Å². The predicted molar refractivity (Wildman–Crippen MR) is 91.2 cm³/mol. The molecule has 2 aromatic heterocycles. The van der Waals surface area contributed by atoms with E-state index in [9.17, 15) is 4.79 Å². The van der Waals surface area contributed by atoms with Crippen molar-refractivity contribution in [2.75, 3.05) is 26.7 Å². The van der Waals surface area contributed by atoms with Gasteiger partial charge in [-0.05, 0) is 31.5 Å². The smallest absolute Gasteiger partial charge is 0.236 e. The van der Waals surface area contributed by atoms with Gasteiger partial charge in [0.2, 0.25) is 5.91 Å². The summed E-state index contributed by atoms with van der Waals surface area (Å²) in [4.78, 5) is 29.1. The van der Waals surface area contributed by atoms with E-state index in [-0.39, 0.29) is 5.91 Å². The maximum Gasteiger partial charge on any atom is 0.236 e. The molecule has 6 heteroatoms. The van der Waals surface area contributed by atoms with Crippen molar-refractivity contribution in [2.24, 2.45) is 0 Å². The van der Waals surface area contributed by atoms with Crippen LogP contribution in [0.15, 0.2) is 43.1 Å². The third-order valence-electron chi connectivity index (χ3n) is 4.43. The highest BCUT2D eigenvalue weighted by molar-refractivity contribution is 5.78. The lowest BCUT2D eigenvalue weighted by atomic mass is 9.94. The summed E-state index contributed by atoms with van der Waals surface area (Å²) >= 11 is 0. The third kappa shape index (κ3) is 4.35. The van der Waals surface area contributed by atoms with Gasteiger partial charge in [0.05, 0.1) is 12.2 Å². The number of hydrogen-bond donors (Lipinski definition) is 0. The minimum Gasteiger partial charge on any atom is -0.342 e. The highest BCUT2D eigenvalue weighted by Crippen LogP contribution is 2.25. The standard InChI is InChI=1S/C18H23N5O/c1-22(13-15-3-2-6-19-11-15)14-18(24)23-9-4-16(5-10-23)17-12-20-7-8-21-17/h2-3,6-8,11-12,16H,4-5,9-10,13-14H2,1H3. The van der Waals surface area contributed by atoms with E-state index in [0.29, 0.717) is 12.5 Å². The van der Waals surface area contributed by atoms with Crippen LogP contribution < -0.4 is 0 Å². The summed E-state index contributed by atoms with van der Waals surface area (Å²) in [5.41, 5.74) is 2.16. The van der Waals surface area contributed by atoms with Gasteiger partial charge in [0.25, 0.3) is 0 Å². The molecule has 24 heavy (non-hydrogen) atoms. The van der Waals surface area contributed by atoms with E-state index in [4.69, 9.17) is 0 Å². The van der Waals surface area contributed by atoms with Crippen LogP contribution in [0.1, 0.15) is 30.0 Å². The van der Waals surface area contributed by atoms with Crippen LogP contribution in [0.2, 0.25) is 0 Å². The highest BCUT2D eigenvalue weighted by atomic mass is 16.2. The second-order valence-electron chi connectivity index (χ2n) is 6.32. The van der Waals surface area contributed by atoms with Crippen molar-refractivity contribution in [2.45, 2.75) is 25.3 Å². The Balaban J connectivity index is 1.47. The first-order valence-electron chi connectivity index (χ1n) is 8.33. The number of nitrogens with zero attached hydrogens (tertiary/aromatic N) is 5. The summed E-state index contributed by atoms with van der Waals surface area (Å²) in [7, 11) is 1.97. The number of carbonyl (C=O) groups excluding carboxylic acids is 1. The molecule has 3 rings (SSSR count). The zero-order valence-electron chi connectivity index (χ0n) is 14.0. The van der Waals surface area contributed by atoms with Crippen molar-refractivity contribution in [1.82, 2.24) is 24.8 Å². The van der Waals surface area contributed by atoms with Gasteiger partial charge < -0.3 is 4.90 Å². The molecule has 1 aliphatic rings. The van der Waals surface area contributed by atoms with Gasteiger partial charge in [-0.15, -0.1) is 0 Å². The Kier molecular flexibility index (Phi) is 5.48. The molecule has 0 radical (unpaired) electrons. The van der Waals surface area contributed by atoms with Gasteiger partial charge >= 0.3 is 0 Å². The van der Waals surface area contributed by atoms with Crippen LogP contribution in [0.5, 0.6) is 0 Å². The molecule has 0 aliphatic carbocycles. The molecule has 126 valence electrons. The minimum absolute atomic E-state index is 0.194. The van der Waals surface area contributed by atoms with Gasteiger partial charge in [0, 0.05) is 56.5 Å². The summed E-state index contributed by atoms with van der Waals surface area (Å²) in [5, 5.41) is 0. The van der Waals surface area contributed by atoms with Crippen molar-refractivity contribution in [3.8, 4) is 0 Å². The number of carbonyl (C=O) groups is 1. The van der Waals surface area contributed by atoms with Crippen LogP contribution in [0.3, 0.4) is 0 Å². The lowest BCUT2D eigenvalue weighted by molar-refractivity contribution is -0.133. The van der Waals surface area contributed by atoms with E-state index in [2.05, 4.69) is 15.0 Å². The Bertz CT molecular complexity index is 641. The Labute approximate surface area is 142 Å². The first-order chi connectivity index (χ1) is 11.7. The summed E-state index contributed by atoms with van der Waals surface area (Å²) in [5.74, 6) is 0.606. The van der Waals surface area contributed by atoms with Crippen molar-refractivity contribution in [3.05, 3.63) is 54.4 Å². The molecule has 1 fully saturated rings. The number of hydrogen-bond acceptors (Lipinski definition) is 5. The molecule has 1 amide bonds. The number of aromatic nitrogens is 3. The van der Waals surface area contributed by atoms with E-state index in [0.717, 1.165) is 43.7 Å². The Morgan fingerprint density at radius 2 is 2.00 bits per heavy atom. The minimum atomic E-state index is 0.194. The quantitative estimate of drug-likeness (QED) is 0.837. The molecule has 0 saturated carbocycles. The first-order valence-corrected chi connectivity index (χ1v) is 8.33. The van der Waals surface area contributed by atoms with E-state index in [1.54, 1.807) is 18.6 Å². The van der Waals surface area contributed by atoms with Crippen LogP contribution in [0.4, 0.5) is 0 Å². The number of rotatable bonds is 5. The number of amides is 1. The topological polar surface area (TPSA) is 62.2 Å².